The van der Waals surface area contributed by atoms with Crippen LogP contribution in [0.5, 0.6) is 0 Å². The third-order valence-corrected chi connectivity index (χ3v) is 4.53. The Balaban J connectivity index is 0.00000364. The van der Waals surface area contributed by atoms with Crippen LogP contribution in [0.4, 0.5) is 0 Å². The molecule has 8 heteroatoms. The van der Waals surface area contributed by atoms with E-state index in [-0.39, 0.29) is 24.0 Å². The Kier molecular flexibility index (Phi) is 11.0. The highest BCUT2D eigenvalue weighted by atomic mass is 127. The Morgan fingerprint density at radius 3 is 2.67 bits per heavy atom. The van der Waals surface area contributed by atoms with E-state index < -0.39 is 5.97 Å². The molecule has 0 unspecified atom stereocenters. The van der Waals surface area contributed by atoms with Gasteiger partial charge in [0.25, 0.3) is 0 Å². The highest BCUT2D eigenvalue weighted by Crippen LogP contribution is 2.17. The van der Waals surface area contributed by atoms with Gasteiger partial charge < -0.3 is 19.8 Å². The van der Waals surface area contributed by atoms with Crippen molar-refractivity contribution < 1.29 is 13.9 Å². The van der Waals surface area contributed by atoms with Gasteiger partial charge in [0.2, 0.25) is 0 Å². The minimum atomic E-state index is -0.399. The van der Waals surface area contributed by atoms with Gasteiger partial charge in [-0.15, -0.1) is 35.7 Å². The molecule has 0 aliphatic carbocycles. The molecule has 0 radical (unpaired) electrons. The summed E-state index contributed by atoms with van der Waals surface area (Å²) in [6.45, 7) is 5.66. The molecule has 1 heterocycles. The maximum atomic E-state index is 11.6. The van der Waals surface area contributed by atoms with Crippen LogP contribution in [-0.4, -0.2) is 37.9 Å². The van der Waals surface area contributed by atoms with E-state index in [2.05, 4.69) is 27.8 Å². The number of aryl methyl sites for hydroxylation is 1. The van der Waals surface area contributed by atoms with Crippen LogP contribution in [0.1, 0.15) is 28.8 Å². The predicted octanol–water partition coefficient (Wildman–Crippen LogP) is 3.84. The highest BCUT2D eigenvalue weighted by molar-refractivity contribution is 14.0. The van der Waals surface area contributed by atoms with E-state index in [1.165, 1.54) is 12.0 Å². The number of methoxy groups -OCH3 is 1. The quantitative estimate of drug-likeness (QED) is 0.142. The van der Waals surface area contributed by atoms with Crippen LogP contribution < -0.4 is 10.6 Å². The minimum Gasteiger partial charge on any atom is -0.465 e. The fraction of sp³-hybridized carbons (Fsp3) is 0.368. The fourth-order valence-electron chi connectivity index (χ4n) is 2.29. The van der Waals surface area contributed by atoms with Gasteiger partial charge in [0.05, 0.1) is 7.11 Å². The number of guanidine groups is 1. The standard InChI is InChI=1S/C19H25N3O3S.HI/c1-4-20-19(21-10-11-26-16-8-6-5-7-9-16)22-13-15-12-17(14(2)25-15)18(23)24-3;/h5-9,12H,4,10-11,13H2,1-3H3,(H2,20,21,22);1H. The number of ether oxygens (including phenoxy) is 1. The van der Waals surface area contributed by atoms with Crippen LogP contribution in [0.3, 0.4) is 0 Å². The number of carbonyl (C=O) groups excluding carboxylic acids is 1. The fourth-order valence-corrected chi connectivity index (χ4v) is 3.08. The molecule has 0 atom stereocenters. The largest absolute Gasteiger partial charge is 0.465 e. The van der Waals surface area contributed by atoms with Crippen molar-refractivity contribution in [2.75, 3.05) is 26.0 Å². The van der Waals surface area contributed by atoms with Gasteiger partial charge >= 0.3 is 5.97 Å². The average molecular weight is 503 g/mol. The van der Waals surface area contributed by atoms with Gasteiger partial charge in [0, 0.05) is 23.7 Å². The molecule has 0 aliphatic heterocycles. The number of benzene rings is 1. The molecule has 148 valence electrons. The number of esters is 1. The number of hydrogen-bond acceptors (Lipinski definition) is 5. The molecule has 27 heavy (non-hydrogen) atoms. The Morgan fingerprint density at radius 2 is 2.00 bits per heavy atom. The van der Waals surface area contributed by atoms with Gasteiger partial charge in [-0.2, -0.15) is 0 Å². The number of rotatable bonds is 8. The average Bonchev–Trinajstić information content (AvgIpc) is 3.04. The van der Waals surface area contributed by atoms with Crippen molar-refractivity contribution in [3.63, 3.8) is 0 Å². The second kappa shape index (κ2) is 12.7. The summed E-state index contributed by atoms with van der Waals surface area (Å²) < 4.78 is 10.3. The number of hydrogen-bond donors (Lipinski definition) is 2. The molecule has 0 spiro atoms. The van der Waals surface area contributed by atoms with Crippen molar-refractivity contribution in [1.82, 2.24) is 10.6 Å². The lowest BCUT2D eigenvalue weighted by molar-refractivity contribution is 0.0599. The van der Waals surface area contributed by atoms with E-state index in [9.17, 15) is 4.79 Å². The molecular formula is C19H26IN3O3S. The van der Waals surface area contributed by atoms with Crippen LogP contribution >= 0.6 is 35.7 Å². The van der Waals surface area contributed by atoms with Crippen LogP contribution in [-0.2, 0) is 11.3 Å². The molecule has 0 fully saturated rings. The van der Waals surface area contributed by atoms with Gasteiger partial charge in [0.15, 0.2) is 5.96 Å². The van der Waals surface area contributed by atoms with Gasteiger partial charge in [0.1, 0.15) is 23.6 Å². The monoisotopic (exact) mass is 503 g/mol. The summed E-state index contributed by atoms with van der Waals surface area (Å²) in [4.78, 5) is 17.4. The number of nitrogens with zero attached hydrogens (tertiary/aromatic N) is 1. The number of nitrogens with one attached hydrogen (secondary N) is 2. The van der Waals surface area contributed by atoms with Crippen LogP contribution in [0.15, 0.2) is 50.7 Å². The molecule has 1 aromatic heterocycles. The summed E-state index contributed by atoms with van der Waals surface area (Å²) in [5.74, 6) is 2.41. The first-order valence-corrected chi connectivity index (χ1v) is 9.50. The minimum absolute atomic E-state index is 0. The lowest BCUT2D eigenvalue weighted by Crippen LogP contribution is -2.38. The summed E-state index contributed by atoms with van der Waals surface area (Å²) in [5, 5.41) is 6.50. The Morgan fingerprint density at radius 1 is 1.26 bits per heavy atom. The van der Waals surface area contributed by atoms with Gasteiger partial charge in [-0.05, 0) is 32.0 Å². The van der Waals surface area contributed by atoms with Crippen molar-refractivity contribution in [2.24, 2.45) is 4.99 Å². The Bertz CT molecular complexity index is 735. The van der Waals surface area contributed by atoms with E-state index in [0.29, 0.717) is 23.6 Å². The molecule has 2 rings (SSSR count). The number of aliphatic imine (C=N–C) groups is 1. The Labute approximate surface area is 181 Å². The predicted molar refractivity (Wildman–Crippen MR) is 120 cm³/mol. The lowest BCUT2D eigenvalue weighted by Gasteiger charge is -2.10. The molecule has 0 bridgehead atoms. The molecule has 0 saturated heterocycles. The maximum absolute atomic E-state index is 11.6. The van der Waals surface area contributed by atoms with Crippen molar-refractivity contribution in [2.45, 2.75) is 25.3 Å². The van der Waals surface area contributed by atoms with Gasteiger partial charge in [-0.1, -0.05) is 18.2 Å². The molecule has 6 nitrogen and oxygen atoms in total. The number of carbonyl (C=O) groups is 1. The number of thioether (sulfide) groups is 1. The van der Waals surface area contributed by atoms with Gasteiger partial charge in [-0.25, -0.2) is 9.79 Å². The van der Waals surface area contributed by atoms with E-state index >= 15 is 0 Å². The lowest BCUT2D eigenvalue weighted by atomic mass is 10.2. The third-order valence-electron chi connectivity index (χ3n) is 3.52. The van der Waals surface area contributed by atoms with Gasteiger partial charge in [-0.3, -0.25) is 0 Å². The first-order chi connectivity index (χ1) is 12.6. The summed E-state index contributed by atoms with van der Waals surface area (Å²) in [5.41, 5.74) is 0.440. The van der Waals surface area contributed by atoms with Crippen molar-refractivity contribution >= 4 is 47.7 Å². The summed E-state index contributed by atoms with van der Waals surface area (Å²) in [6, 6.07) is 12.0. The smallest absolute Gasteiger partial charge is 0.341 e. The first kappa shape index (κ1) is 23.4. The molecule has 2 aromatic rings. The van der Waals surface area contributed by atoms with Crippen molar-refractivity contribution in [3.8, 4) is 0 Å². The van der Waals surface area contributed by atoms with Crippen LogP contribution in [0.25, 0.3) is 0 Å². The van der Waals surface area contributed by atoms with Crippen molar-refractivity contribution in [1.29, 1.82) is 0 Å². The SMILES string of the molecule is CCNC(=NCc1cc(C(=O)OC)c(C)o1)NCCSc1ccccc1.I. The Hall–Kier alpha value is -1.68. The normalized spacial score (nSPS) is 10.9. The summed E-state index contributed by atoms with van der Waals surface area (Å²) in [7, 11) is 1.35. The molecule has 0 aliphatic rings. The number of halogens is 1. The molecule has 1 aromatic carbocycles. The zero-order chi connectivity index (χ0) is 18.8. The highest BCUT2D eigenvalue weighted by Gasteiger charge is 2.15. The zero-order valence-corrected chi connectivity index (χ0v) is 18.9. The first-order valence-electron chi connectivity index (χ1n) is 8.51. The van der Waals surface area contributed by atoms with Crippen LogP contribution in [0.2, 0.25) is 0 Å². The number of furan rings is 1. The molecular weight excluding hydrogens is 477 g/mol. The van der Waals surface area contributed by atoms with E-state index in [1.807, 2.05) is 25.1 Å². The summed E-state index contributed by atoms with van der Waals surface area (Å²) >= 11 is 1.79. The molecule has 0 saturated carbocycles. The zero-order valence-electron chi connectivity index (χ0n) is 15.8. The molecule has 2 N–H and O–H groups in total. The van der Waals surface area contributed by atoms with E-state index in [4.69, 9.17) is 9.15 Å². The second-order valence-corrected chi connectivity index (χ2v) is 6.63. The van der Waals surface area contributed by atoms with E-state index in [0.717, 1.165) is 24.8 Å². The summed E-state index contributed by atoms with van der Waals surface area (Å²) in [6.07, 6.45) is 0. The maximum Gasteiger partial charge on any atom is 0.341 e. The molecule has 0 amide bonds. The second-order valence-electron chi connectivity index (χ2n) is 5.46. The van der Waals surface area contributed by atoms with Crippen molar-refractivity contribution in [3.05, 3.63) is 53.5 Å². The third kappa shape index (κ3) is 7.84. The topological polar surface area (TPSA) is 75.9 Å². The van der Waals surface area contributed by atoms with Crippen LogP contribution in [0, 0.1) is 6.92 Å². The van der Waals surface area contributed by atoms with E-state index in [1.54, 1.807) is 24.8 Å².